The summed E-state index contributed by atoms with van der Waals surface area (Å²) < 4.78 is 3.00. The molecule has 8 nitrogen and oxygen atoms in total. The Hall–Kier alpha value is -3.68. The Morgan fingerprint density at radius 2 is 1.88 bits per heavy atom. The van der Waals surface area contributed by atoms with E-state index in [2.05, 4.69) is 15.4 Å². The van der Waals surface area contributed by atoms with Crippen molar-refractivity contribution >= 4 is 16.9 Å². The molecule has 1 aliphatic heterocycles. The number of hydrogen-bond acceptors (Lipinski definition) is 4. The molecule has 0 saturated carbocycles. The van der Waals surface area contributed by atoms with Crippen molar-refractivity contribution in [2.24, 2.45) is 0 Å². The fourth-order valence-electron chi connectivity index (χ4n) is 4.31. The number of rotatable bonds is 6. The fourth-order valence-corrected chi connectivity index (χ4v) is 4.31. The molecular formula is C24H26N6O2. The van der Waals surface area contributed by atoms with E-state index in [0.29, 0.717) is 18.8 Å². The summed E-state index contributed by atoms with van der Waals surface area (Å²) in [5.74, 6) is 1.21. The lowest BCUT2D eigenvalue weighted by Crippen LogP contribution is -2.36. The Balaban J connectivity index is 1.38. The van der Waals surface area contributed by atoms with Gasteiger partial charge in [0, 0.05) is 13.0 Å². The number of aromatic nitrogens is 5. The van der Waals surface area contributed by atoms with Gasteiger partial charge in [0.15, 0.2) is 0 Å². The van der Waals surface area contributed by atoms with Crippen LogP contribution < -0.4 is 11.0 Å². The van der Waals surface area contributed by atoms with E-state index in [1.165, 1.54) is 4.68 Å². The first-order valence-electron chi connectivity index (χ1n) is 11.1. The lowest BCUT2D eigenvalue weighted by Gasteiger charge is -2.17. The standard InChI is InChI=1S/C24H26N6O2/c31-22(16-30-24(32)29-14-8-2-5-13-21(29)28-30)25-20(15-17-9-3-1-4-10-17)23-26-18-11-6-7-12-19(18)27-23/h1,3-4,6-7,9-12,20H,2,5,8,13-16H2,(H,25,31)(H,26,27)/t20-/m0/s1. The van der Waals surface area contributed by atoms with E-state index in [1.807, 2.05) is 54.6 Å². The van der Waals surface area contributed by atoms with Crippen LogP contribution in [-0.4, -0.2) is 30.2 Å². The Labute approximate surface area is 185 Å². The van der Waals surface area contributed by atoms with Crippen LogP contribution in [0.25, 0.3) is 11.0 Å². The molecule has 1 atom stereocenters. The molecule has 0 radical (unpaired) electrons. The number of fused-ring (bicyclic) bond motifs is 2. The number of nitrogens with one attached hydrogen (secondary N) is 2. The number of hydrogen-bond donors (Lipinski definition) is 2. The van der Waals surface area contributed by atoms with Crippen molar-refractivity contribution < 1.29 is 4.79 Å². The number of imidazole rings is 1. The van der Waals surface area contributed by atoms with Gasteiger partial charge in [-0.2, -0.15) is 5.10 Å². The van der Waals surface area contributed by atoms with E-state index in [-0.39, 0.29) is 24.2 Å². The van der Waals surface area contributed by atoms with Crippen LogP contribution in [0, 0.1) is 0 Å². The number of aryl methyl sites for hydroxylation is 1. The second-order valence-electron chi connectivity index (χ2n) is 8.27. The first kappa shape index (κ1) is 20.2. The summed E-state index contributed by atoms with van der Waals surface area (Å²) in [7, 11) is 0. The summed E-state index contributed by atoms with van der Waals surface area (Å²) in [5.41, 5.74) is 2.65. The Morgan fingerprint density at radius 3 is 2.72 bits per heavy atom. The van der Waals surface area contributed by atoms with E-state index in [9.17, 15) is 9.59 Å². The molecule has 2 aromatic carbocycles. The zero-order valence-electron chi connectivity index (χ0n) is 17.8. The van der Waals surface area contributed by atoms with Gasteiger partial charge in [0.2, 0.25) is 5.91 Å². The minimum atomic E-state index is -0.353. The van der Waals surface area contributed by atoms with Crippen molar-refractivity contribution in [2.45, 2.75) is 51.2 Å². The third-order valence-corrected chi connectivity index (χ3v) is 5.93. The van der Waals surface area contributed by atoms with Gasteiger partial charge in [0.05, 0.1) is 17.1 Å². The van der Waals surface area contributed by atoms with Gasteiger partial charge >= 0.3 is 5.69 Å². The molecule has 0 bridgehead atoms. The maximum absolute atomic E-state index is 13.0. The van der Waals surface area contributed by atoms with Crippen LogP contribution in [0.4, 0.5) is 0 Å². The van der Waals surface area contributed by atoms with Gasteiger partial charge in [0.25, 0.3) is 0 Å². The second kappa shape index (κ2) is 8.82. The molecule has 2 N–H and O–H groups in total. The summed E-state index contributed by atoms with van der Waals surface area (Å²) in [6, 6.07) is 17.4. The van der Waals surface area contributed by atoms with Gasteiger partial charge in [-0.05, 0) is 37.0 Å². The van der Waals surface area contributed by atoms with Gasteiger partial charge in [-0.15, -0.1) is 0 Å². The van der Waals surface area contributed by atoms with Crippen LogP contribution in [0.3, 0.4) is 0 Å². The van der Waals surface area contributed by atoms with E-state index < -0.39 is 0 Å². The highest BCUT2D eigenvalue weighted by atomic mass is 16.2. The molecule has 0 fully saturated rings. The third-order valence-electron chi connectivity index (χ3n) is 5.93. The number of carbonyl (C=O) groups excluding carboxylic acids is 1. The van der Waals surface area contributed by atoms with E-state index in [4.69, 9.17) is 4.98 Å². The minimum absolute atomic E-state index is 0.107. The quantitative estimate of drug-likeness (QED) is 0.491. The zero-order chi connectivity index (χ0) is 21.9. The number of para-hydroxylation sites is 2. The number of carbonyl (C=O) groups is 1. The fraction of sp³-hybridized carbons (Fsp3) is 0.333. The summed E-state index contributed by atoms with van der Waals surface area (Å²) in [6.07, 6.45) is 4.45. The molecule has 2 aromatic heterocycles. The Morgan fingerprint density at radius 1 is 1.06 bits per heavy atom. The number of benzene rings is 2. The average molecular weight is 431 g/mol. The van der Waals surface area contributed by atoms with Crippen LogP contribution >= 0.6 is 0 Å². The van der Waals surface area contributed by atoms with E-state index in [0.717, 1.165) is 48.1 Å². The number of nitrogens with zero attached hydrogens (tertiary/aromatic N) is 4. The summed E-state index contributed by atoms with van der Waals surface area (Å²) >= 11 is 0. The molecule has 0 saturated heterocycles. The molecule has 1 aliphatic rings. The second-order valence-corrected chi connectivity index (χ2v) is 8.27. The minimum Gasteiger partial charge on any atom is -0.344 e. The van der Waals surface area contributed by atoms with E-state index in [1.54, 1.807) is 4.57 Å². The molecule has 164 valence electrons. The van der Waals surface area contributed by atoms with Gasteiger partial charge in [-0.25, -0.2) is 14.5 Å². The van der Waals surface area contributed by atoms with Gasteiger partial charge < -0.3 is 10.3 Å². The highest BCUT2D eigenvalue weighted by Gasteiger charge is 2.22. The first-order chi connectivity index (χ1) is 15.7. The highest BCUT2D eigenvalue weighted by Crippen LogP contribution is 2.20. The highest BCUT2D eigenvalue weighted by molar-refractivity contribution is 5.77. The predicted molar refractivity (Wildman–Crippen MR) is 121 cm³/mol. The lowest BCUT2D eigenvalue weighted by molar-refractivity contribution is -0.122. The van der Waals surface area contributed by atoms with Crippen molar-refractivity contribution in [1.29, 1.82) is 0 Å². The Bertz CT molecular complexity index is 1250. The smallest absolute Gasteiger partial charge is 0.344 e. The van der Waals surface area contributed by atoms with Crippen molar-refractivity contribution in [2.75, 3.05) is 0 Å². The SMILES string of the molecule is O=C(Cn1nc2n(c1=O)CCCCC2)N[C@@H](Cc1ccccc1)c1nc2ccccc2[nH]1. The predicted octanol–water partition coefficient (Wildman–Crippen LogP) is 2.75. The average Bonchev–Trinajstić information content (AvgIpc) is 3.26. The van der Waals surface area contributed by atoms with Crippen molar-refractivity contribution in [3.05, 3.63) is 82.3 Å². The largest absolute Gasteiger partial charge is 0.346 e. The van der Waals surface area contributed by atoms with Gasteiger partial charge in [0.1, 0.15) is 18.2 Å². The lowest BCUT2D eigenvalue weighted by atomic mass is 10.1. The van der Waals surface area contributed by atoms with Gasteiger partial charge in [-0.1, -0.05) is 48.9 Å². The first-order valence-corrected chi connectivity index (χ1v) is 11.1. The van der Waals surface area contributed by atoms with Crippen molar-refractivity contribution in [3.63, 3.8) is 0 Å². The van der Waals surface area contributed by atoms with Gasteiger partial charge in [-0.3, -0.25) is 9.36 Å². The van der Waals surface area contributed by atoms with Crippen molar-refractivity contribution in [1.82, 2.24) is 29.6 Å². The van der Waals surface area contributed by atoms with Crippen LogP contribution in [0.15, 0.2) is 59.4 Å². The monoisotopic (exact) mass is 430 g/mol. The van der Waals surface area contributed by atoms with Crippen LogP contribution in [-0.2, 0) is 30.7 Å². The molecule has 32 heavy (non-hydrogen) atoms. The topological polar surface area (TPSA) is 97.6 Å². The summed E-state index contributed by atoms with van der Waals surface area (Å²) in [6.45, 7) is 0.565. The van der Waals surface area contributed by atoms with Crippen LogP contribution in [0.5, 0.6) is 0 Å². The molecular weight excluding hydrogens is 404 g/mol. The third kappa shape index (κ3) is 4.21. The molecule has 0 unspecified atom stereocenters. The normalized spacial score (nSPS) is 14.6. The molecule has 1 amide bonds. The molecule has 3 heterocycles. The zero-order valence-corrected chi connectivity index (χ0v) is 17.8. The maximum Gasteiger partial charge on any atom is 0.346 e. The molecule has 0 spiro atoms. The maximum atomic E-state index is 13.0. The number of H-pyrrole nitrogens is 1. The van der Waals surface area contributed by atoms with Crippen LogP contribution in [0.1, 0.15) is 42.5 Å². The Kier molecular flexibility index (Phi) is 5.58. The number of aromatic amines is 1. The van der Waals surface area contributed by atoms with E-state index >= 15 is 0 Å². The molecule has 8 heteroatoms. The molecule has 0 aliphatic carbocycles. The molecule has 4 aromatic rings. The summed E-state index contributed by atoms with van der Waals surface area (Å²) in [4.78, 5) is 33.7. The molecule has 5 rings (SSSR count). The van der Waals surface area contributed by atoms with Crippen molar-refractivity contribution in [3.8, 4) is 0 Å². The summed E-state index contributed by atoms with van der Waals surface area (Å²) in [5, 5.41) is 7.50. The number of amides is 1. The van der Waals surface area contributed by atoms with Crippen LogP contribution in [0.2, 0.25) is 0 Å².